The number of ether oxygens (including phenoxy) is 2. The second kappa shape index (κ2) is 9.57. The van der Waals surface area contributed by atoms with Gasteiger partial charge in [-0.25, -0.2) is 0 Å². The molecule has 0 aliphatic heterocycles. The average Bonchev–Trinajstić information content (AvgIpc) is 3.19. The number of aliphatic hydroxyl groups is 1. The molecule has 0 saturated heterocycles. The Kier molecular flexibility index (Phi) is 6.89. The summed E-state index contributed by atoms with van der Waals surface area (Å²) in [5.41, 5.74) is 3.04. The lowest BCUT2D eigenvalue weighted by molar-refractivity contribution is 0.126. The second-order valence-electron chi connectivity index (χ2n) is 6.33. The molecule has 2 aromatic carbocycles. The molecule has 0 saturated carbocycles. The van der Waals surface area contributed by atoms with Crippen LogP contribution in [0.1, 0.15) is 18.1 Å². The summed E-state index contributed by atoms with van der Waals surface area (Å²) in [6.45, 7) is 4.29. The van der Waals surface area contributed by atoms with Gasteiger partial charge in [-0.15, -0.1) is 5.10 Å². The zero-order valence-electron chi connectivity index (χ0n) is 16.2. The van der Waals surface area contributed by atoms with Gasteiger partial charge in [0.25, 0.3) is 0 Å². The predicted molar refractivity (Wildman–Crippen MR) is 108 cm³/mol. The molecule has 148 valence electrons. The van der Waals surface area contributed by atoms with Crippen LogP contribution >= 0.6 is 11.8 Å². The number of hydrogen-bond acceptors (Lipinski definition) is 7. The molecule has 3 rings (SSSR count). The summed E-state index contributed by atoms with van der Waals surface area (Å²) >= 11 is 1.37. The predicted octanol–water partition coefficient (Wildman–Crippen LogP) is 3.07. The summed E-state index contributed by atoms with van der Waals surface area (Å²) in [7, 11) is 1.61. The highest BCUT2D eigenvalue weighted by Crippen LogP contribution is 2.27. The van der Waals surface area contributed by atoms with Crippen LogP contribution in [0.3, 0.4) is 0 Å². The van der Waals surface area contributed by atoms with Gasteiger partial charge in [-0.1, -0.05) is 36.9 Å². The molecular weight excluding hydrogens is 376 g/mol. The van der Waals surface area contributed by atoms with Crippen molar-refractivity contribution in [3.8, 4) is 17.2 Å². The topological polar surface area (TPSA) is 82.3 Å². The first-order chi connectivity index (χ1) is 13.6. The zero-order chi connectivity index (χ0) is 19.9. The number of tetrazole rings is 1. The third-order valence-corrected chi connectivity index (χ3v) is 5.22. The molecular formula is C20H24N4O3S. The molecule has 28 heavy (non-hydrogen) atoms. The molecule has 0 aliphatic rings. The quantitative estimate of drug-likeness (QED) is 0.553. The number of aryl methyl sites for hydroxylation is 2. The van der Waals surface area contributed by atoms with Gasteiger partial charge in [0.15, 0.2) is 0 Å². The van der Waals surface area contributed by atoms with E-state index in [0.717, 1.165) is 23.4 Å². The minimum atomic E-state index is -0.653. The van der Waals surface area contributed by atoms with Crippen molar-refractivity contribution in [3.05, 3.63) is 53.6 Å². The minimum Gasteiger partial charge on any atom is -0.494 e. The number of aromatic nitrogens is 4. The van der Waals surface area contributed by atoms with Gasteiger partial charge >= 0.3 is 0 Å². The maximum absolute atomic E-state index is 10.3. The first kappa shape index (κ1) is 20.2. The Bertz CT molecular complexity index is 916. The smallest absolute Gasteiger partial charge is 0.214 e. The zero-order valence-corrected chi connectivity index (χ0v) is 17.0. The van der Waals surface area contributed by atoms with Crippen LogP contribution in [0.15, 0.2) is 47.6 Å². The van der Waals surface area contributed by atoms with E-state index in [2.05, 4.69) is 28.5 Å². The fourth-order valence-corrected chi connectivity index (χ4v) is 3.44. The monoisotopic (exact) mass is 400 g/mol. The maximum atomic E-state index is 10.3. The molecule has 7 nitrogen and oxygen atoms in total. The van der Waals surface area contributed by atoms with Crippen molar-refractivity contribution < 1.29 is 14.6 Å². The molecule has 8 heteroatoms. The van der Waals surface area contributed by atoms with Gasteiger partial charge < -0.3 is 14.6 Å². The van der Waals surface area contributed by atoms with Crippen molar-refractivity contribution in [2.75, 3.05) is 19.5 Å². The minimum absolute atomic E-state index is 0.204. The molecule has 0 fully saturated rings. The van der Waals surface area contributed by atoms with E-state index in [1.165, 1.54) is 17.3 Å². The summed E-state index contributed by atoms with van der Waals surface area (Å²) in [6, 6.07) is 13.7. The summed E-state index contributed by atoms with van der Waals surface area (Å²) in [6.07, 6.45) is 0.292. The highest BCUT2D eigenvalue weighted by atomic mass is 32.2. The first-order valence-corrected chi connectivity index (χ1v) is 10.0. The number of aliphatic hydroxyl groups excluding tert-OH is 1. The molecule has 0 aliphatic carbocycles. The van der Waals surface area contributed by atoms with Crippen LogP contribution in [0.2, 0.25) is 0 Å². The molecule has 0 spiro atoms. The fraction of sp³-hybridized carbons (Fsp3) is 0.350. The first-order valence-electron chi connectivity index (χ1n) is 9.06. The normalized spacial score (nSPS) is 12.0. The van der Waals surface area contributed by atoms with Crippen molar-refractivity contribution in [2.24, 2.45) is 0 Å². The second-order valence-corrected chi connectivity index (χ2v) is 7.31. The highest BCUT2D eigenvalue weighted by Gasteiger charge is 2.16. The van der Waals surface area contributed by atoms with Gasteiger partial charge in [0.05, 0.1) is 13.2 Å². The van der Waals surface area contributed by atoms with E-state index in [4.69, 9.17) is 9.47 Å². The van der Waals surface area contributed by atoms with Crippen LogP contribution in [0.4, 0.5) is 0 Å². The standard InChI is InChI=1S/C20H24N4O3S/c1-4-15-6-5-7-17(11-15)27-12-16(25)13-28-20-21-22-23-24(20)18-10-14(2)8-9-19(18)26-3/h5-11,16,25H,4,12-13H2,1-3H3. The number of nitrogens with zero attached hydrogens (tertiary/aromatic N) is 4. The molecule has 0 bridgehead atoms. The Balaban J connectivity index is 1.61. The van der Waals surface area contributed by atoms with Crippen molar-refractivity contribution in [1.82, 2.24) is 20.2 Å². The SMILES string of the molecule is CCc1cccc(OCC(O)CSc2nnnn2-c2cc(C)ccc2OC)c1. The van der Waals surface area contributed by atoms with Crippen LogP contribution in [0.5, 0.6) is 11.5 Å². The number of thioether (sulfide) groups is 1. The fourth-order valence-electron chi connectivity index (χ4n) is 2.65. The van der Waals surface area contributed by atoms with E-state index >= 15 is 0 Å². The Labute approximate surface area is 168 Å². The third-order valence-electron chi connectivity index (χ3n) is 4.16. The summed E-state index contributed by atoms with van der Waals surface area (Å²) < 4.78 is 12.7. The van der Waals surface area contributed by atoms with Crippen LogP contribution in [-0.2, 0) is 6.42 Å². The molecule has 1 aromatic heterocycles. The van der Waals surface area contributed by atoms with Crippen LogP contribution < -0.4 is 9.47 Å². The summed E-state index contributed by atoms with van der Waals surface area (Å²) in [5.74, 6) is 1.85. The van der Waals surface area contributed by atoms with Gasteiger partial charge in [0.2, 0.25) is 5.16 Å². The van der Waals surface area contributed by atoms with Gasteiger partial charge in [0, 0.05) is 5.75 Å². The van der Waals surface area contributed by atoms with Crippen molar-refractivity contribution in [1.29, 1.82) is 0 Å². The van der Waals surface area contributed by atoms with E-state index in [0.29, 0.717) is 16.7 Å². The van der Waals surface area contributed by atoms with Gasteiger partial charge in [0.1, 0.15) is 23.8 Å². The molecule has 0 radical (unpaired) electrons. The Morgan fingerprint density at radius 1 is 1.21 bits per heavy atom. The van der Waals surface area contributed by atoms with E-state index in [-0.39, 0.29) is 6.61 Å². The largest absolute Gasteiger partial charge is 0.494 e. The maximum Gasteiger partial charge on any atom is 0.214 e. The van der Waals surface area contributed by atoms with Gasteiger partial charge in [-0.2, -0.15) is 4.68 Å². The molecule has 1 atom stereocenters. The highest BCUT2D eigenvalue weighted by molar-refractivity contribution is 7.99. The van der Waals surface area contributed by atoms with E-state index in [1.807, 2.05) is 43.3 Å². The third kappa shape index (κ3) is 5.02. The molecule has 1 N–H and O–H groups in total. The number of benzene rings is 2. The van der Waals surface area contributed by atoms with Crippen LogP contribution in [-0.4, -0.2) is 50.9 Å². The van der Waals surface area contributed by atoms with E-state index in [9.17, 15) is 5.11 Å². The number of methoxy groups -OCH3 is 1. The van der Waals surface area contributed by atoms with Crippen molar-refractivity contribution in [3.63, 3.8) is 0 Å². The van der Waals surface area contributed by atoms with Crippen LogP contribution in [0.25, 0.3) is 5.69 Å². The number of hydrogen-bond donors (Lipinski definition) is 1. The molecule has 1 heterocycles. The Morgan fingerprint density at radius 3 is 2.86 bits per heavy atom. The summed E-state index contributed by atoms with van der Waals surface area (Å²) in [4.78, 5) is 0. The molecule has 3 aromatic rings. The lowest BCUT2D eigenvalue weighted by atomic mass is 10.2. The number of rotatable bonds is 9. The average molecular weight is 401 g/mol. The lowest BCUT2D eigenvalue weighted by Crippen LogP contribution is -2.20. The summed E-state index contributed by atoms with van der Waals surface area (Å²) in [5, 5.41) is 22.8. The van der Waals surface area contributed by atoms with Gasteiger partial charge in [-0.3, -0.25) is 0 Å². The Morgan fingerprint density at radius 2 is 2.07 bits per heavy atom. The van der Waals surface area contributed by atoms with E-state index in [1.54, 1.807) is 11.8 Å². The van der Waals surface area contributed by atoms with E-state index < -0.39 is 6.10 Å². The van der Waals surface area contributed by atoms with Crippen molar-refractivity contribution >= 4 is 11.8 Å². The lowest BCUT2D eigenvalue weighted by Gasteiger charge is -2.13. The van der Waals surface area contributed by atoms with Crippen molar-refractivity contribution in [2.45, 2.75) is 31.5 Å². The van der Waals surface area contributed by atoms with Gasteiger partial charge in [-0.05, 0) is 59.2 Å². The molecule has 1 unspecified atom stereocenters. The Hall–Kier alpha value is -2.58. The molecule has 0 amide bonds. The van der Waals surface area contributed by atoms with Crippen LogP contribution in [0, 0.1) is 6.92 Å².